The lowest BCUT2D eigenvalue weighted by molar-refractivity contribution is 0.00624. The molecule has 4 rings (SSSR count). The highest BCUT2D eigenvalue weighted by Gasteiger charge is 2.27. The Morgan fingerprint density at radius 2 is 1.41 bits per heavy atom. The summed E-state index contributed by atoms with van der Waals surface area (Å²) in [6.45, 7) is 11.4. The quantitative estimate of drug-likeness (QED) is 0.215. The molecule has 1 aliphatic carbocycles. The van der Waals surface area contributed by atoms with Crippen LogP contribution in [0.3, 0.4) is 0 Å². The van der Waals surface area contributed by atoms with Gasteiger partial charge in [-0.05, 0) is 85.2 Å². The summed E-state index contributed by atoms with van der Waals surface area (Å²) in [6, 6.07) is 8.72. The maximum Gasteiger partial charge on any atom is 0.355 e. The molecule has 0 fully saturated rings. The van der Waals surface area contributed by atoms with E-state index in [-0.39, 0.29) is 5.97 Å². The van der Waals surface area contributed by atoms with Crippen molar-refractivity contribution in [3.8, 4) is 11.5 Å². The molecule has 182 valence electrons. The number of aromatic nitrogens is 1. The maximum atomic E-state index is 12.7. The van der Waals surface area contributed by atoms with Crippen LogP contribution in [-0.2, 0) is 17.6 Å². The van der Waals surface area contributed by atoms with E-state index in [9.17, 15) is 4.79 Å². The van der Waals surface area contributed by atoms with Gasteiger partial charge in [0, 0.05) is 12.6 Å². The van der Waals surface area contributed by atoms with E-state index in [0.717, 1.165) is 65.5 Å². The van der Waals surface area contributed by atoms with Gasteiger partial charge in [0.25, 0.3) is 0 Å². The third kappa shape index (κ3) is 5.40. The first-order valence-electron chi connectivity index (χ1n) is 12.6. The molecule has 34 heavy (non-hydrogen) atoms. The molecule has 3 aromatic rings. The predicted octanol–water partition coefficient (Wildman–Crippen LogP) is 6.98. The van der Waals surface area contributed by atoms with Gasteiger partial charge in [-0.1, -0.05) is 38.8 Å². The third-order valence-corrected chi connectivity index (χ3v) is 6.16. The zero-order valence-corrected chi connectivity index (χ0v) is 21.2. The Balaban J connectivity index is 1.65. The van der Waals surface area contributed by atoms with E-state index in [2.05, 4.69) is 43.1 Å². The Morgan fingerprint density at radius 3 is 1.94 bits per heavy atom. The topological polar surface area (TPSA) is 60.5 Å². The van der Waals surface area contributed by atoms with Crippen LogP contribution in [0, 0.1) is 0 Å². The molecule has 0 saturated heterocycles. The van der Waals surface area contributed by atoms with Crippen LogP contribution in [0.2, 0.25) is 0 Å². The molecule has 1 heterocycles. The Bertz CT molecular complexity index is 1170. The van der Waals surface area contributed by atoms with E-state index in [1.807, 2.05) is 27.0 Å². The number of fused-ring (bicyclic) bond motifs is 3. The Hall–Kier alpha value is -2.95. The van der Waals surface area contributed by atoms with Gasteiger partial charge in [0.1, 0.15) is 11.3 Å². The van der Waals surface area contributed by atoms with Crippen LogP contribution in [-0.4, -0.2) is 29.8 Å². The van der Waals surface area contributed by atoms with E-state index in [0.29, 0.717) is 25.3 Å². The number of aromatic amines is 1. The fourth-order valence-electron chi connectivity index (χ4n) is 4.37. The minimum absolute atomic E-state index is 0.293. The van der Waals surface area contributed by atoms with Gasteiger partial charge in [-0.3, -0.25) is 0 Å². The zero-order valence-electron chi connectivity index (χ0n) is 21.2. The van der Waals surface area contributed by atoms with Gasteiger partial charge in [0.15, 0.2) is 11.5 Å². The van der Waals surface area contributed by atoms with E-state index < -0.39 is 5.60 Å². The molecular weight excluding hydrogens is 426 g/mol. The molecule has 0 bridgehead atoms. The monoisotopic (exact) mass is 463 g/mol. The summed E-state index contributed by atoms with van der Waals surface area (Å²) >= 11 is 0. The van der Waals surface area contributed by atoms with Crippen molar-refractivity contribution in [2.45, 2.75) is 78.7 Å². The van der Waals surface area contributed by atoms with Crippen molar-refractivity contribution in [1.82, 2.24) is 4.98 Å². The number of H-pyrrole nitrogens is 1. The molecule has 0 radical (unpaired) electrons. The van der Waals surface area contributed by atoms with Crippen molar-refractivity contribution in [1.29, 1.82) is 0 Å². The van der Waals surface area contributed by atoms with Crippen molar-refractivity contribution in [3.63, 3.8) is 0 Å². The van der Waals surface area contributed by atoms with Crippen molar-refractivity contribution in [2.75, 3.05) is 13.2 Å². The number of benzene rings is 2. The van der Waals surface area contributed by atoms with E-state index in [1.165, 1.54) is 11.1 Å². The summed E-state index contributed by atoms with van der Waals surface area (Å²) in [7, 11) is 0. The summed E-state index contributed by atoms with van der Waals surface area (Å²) in [6.07, 6.45) is 7.67. The van der Waals surface area contributed by atoms with Crippen molar-refractivity contribution in [3.05, 3.63) is 58.4 Å². The maximum absolute atomic E-state index is 12.7. The van der Waals surface area contributed by atoms with Crippen LogP contribution in [0.1, 0.15) is 93.0 Å². The summed E-state index contributed by atoms with van der Waals surface area (Å²) in [5, 5.41) is 2.28. The first-order chi connectivity index (χ1) is 16.3. The smallest absolute Gasteiger partial charge is 0.355 e. The van der Waals surface area contributed by atoms with Crippen LogP contribution < -0.4 is 9.47 Å². The van der Waals surface area contributed by atoms with Crippen molar-refractivity contribution < 1.29 is 19.0 Å². The van der Waals surface area contributed by atoms with Gasteiger partial charge in [0.2, 0.25) is 0 Å². The van der Waals surface area contributed by atoms with E-state index in [1.54, 1.807) is 0 Å². The summed E-state index contributed by atoms with van der Waals surface area (Å²) in [5.41, 5.74) is 4.77. The van der Waals surface area contributed by atoms with Crippen LogP contribution in [0.15, 0.2) is 30.5 Å². The number of carbonyl (C=O) groups excluding carboxylic acids is 1. The second-order valence-electron chi connectivity index (χ2n) is 10.2. The lowest BCUT2D eigenvalue weighted by Gasteiger charge is -2.22. The number of ether oxygens (including phenoxy) is 3. The third-order valence-electron chi connectivity index (χ3n) is 6.16. The van der Waals surface area contributed by atoms with Gasteiger partial charge in [-0.2, -0.15) is 0 Å². The van der Waals surface area contributed by atoms with Gasteiger partial charge in [0.05, 0.1) is 13.2 Å². The lowest BCUT2D eigenvalue weighted by atomic mass is 9.85. The van der Waals surface area contributed by atoms with E-state index in [4.69, 9.17) is 14.2 Å². The standard InChI is InChI=1S/C29H37NO4/c1-6-8-10-32-25-16-21-12-19-14-23-18-30-27(28(31)34-29(3,4)5)24(23)15-20(19)13-22(21)17-26(25)33-11-9-7-2/h12-13,16-18,30H,6-11,14-15H2,1-5H3. The first-order valence-corrected chi connectivity index (χ1v) is 12.6. The molecule has 0 saturated carbocycles. The highest BCUT2D eigenvalue weighted by atomic mass is 16.6. The van der Waals surface area contributed by atoms with Gasteiger partial charge in [-0.15, -0.1) is 0 Å². The zero-order chi connectivity index (χ0) is 24.3. The molecule has 0 spiro atoms. The normalized spacial score (nSPS) is 12.9. The van der Waals surface area contributed by atoms with Crippen LogP contribution in [0.5, 0.6) is 11.5 Å². The molecule has 1 aromatic heterocycles. The number of hydrogen-bond donors (Lipinski definition) is 1. The fraction of sp³-hybridized carbons (Fsp3) is 0.483. The number of carbonyl (C=O) groups is 1. The number of unbranched alkanes of at least 4 members (excludes halogenated alkanes) is 2. The minimum atomic E-state index is -0.525. The second-order valence-corrected chi connectivity index (χ2v) is 10.2. The Morgan fingerprint density at radius 1 is 0.853 bits per heavy atom. The molecule has 0 unspecified atom stereocenters. The highest BCUT2D eigenvalue weighted by Crippen LogP contribution is 2.37. The lowest BCUT2D eigenvalue weighted by Crippen LogP contribution is -2.25. The molecule has 2 aromatic carbocycles. The average molecular weight is 464 g/mol. The molecule has 0 amide bonds. The molecular formula is C29H37NO4. The Labute approximate surface area is 202 Å². The van der Waals surface area contributed by atoms with Crippen LogP contribution in [0.25, 0.3) is 10.8 Å². The minimum Gasteiger partial charge on any atom is -0.490 e. The first kappa shape index (κ1) is 24.2. The fourth-order valence-corrected chi connectivity index (χ4v) is 4.37. The Kier molecular flexibility index (Phi) is 7.20. The number of hydrogen-bond acceptors (Lipinski definition) is 4. The van der Waals surface area contributed by atoms with Gasteiger partial charge < -0.3 is 19.2 Å². The molecule has 0 atom stereocenters. The summed E-state index contributed by atoms with van der Waals surface area (Å²) < 4.78 is 17.8. The van der Waals surface area contributed by atoms with E-state index >= 15 is 0 Å². The molecule has 1 N–H and O–H groups in total. The van der Waals surface area contributed by atoms with Crippen LogP contribution in [0.4, 0.5) is 0 Å². The van der Waals surface area contributed by atoms with Gasteiger partial charge in [-0.25, -0.2) is 4.79 Å². The molecule has 5 nitrogen and oxygen atoms in total. The number of nitrogens with one attached hydrogen (secondary N) is 1. The molecule has 0 aliphatic heterocycles. The van der Waals surface area contributed by atoms with Gasteiger partial charge >= 0.3 is 5.97 Å². The second kappa shape index (κ2) is 10.1. The average Bonchev–Trinajstić information content (AvgIpc) is 3.18. The summed E-state index contributed by atoms with van der Waals surface area (Å²) in [4.78, 5) is 15.9. The highest BCUT2D eigenvalue weighted by molar-refractivity contribution is 5.91. The molecule has 5 heteroatoms. The molecule has 1 aliphatic rings. The SMILES string of the molecule is CCCCOc1cc2cc3c(cc2cc1OCCCC)Cc1c(c[nH]c1C(=O)OC(C)(C)C)C3. The van der Waals surface area contributed by atoms with Crippen molar-refractivity contribution in [2.24, 2.45) is 0 Å². The van der Waals surface area contributed by atoms with Crippen LogP contribution >= 0.6 is 0 Å². The summed E-state index contributed by atoms with van der Waals surface area (Å²) in [5.74, 6) is 1.34. The largest absolute Gasteiger partial charge is 0.490 e. The predicted molar refractivity (Wildman–Crippen MR) is 136 cm³/mol. The number of rotatable bonds is 9. The van der Waals surface area contributed by atoms with Crippen molar-refractivity contribution >= 4 is 16.7 Å². The number of esters is 1.